The Morgan fingerprint density at radius 2 is 2.00 bits per heavy atom. The van der Waals surface area contributed by atoms with Gasteiger partial charge in [0.2, 0.25) is 11.8 Å². The number of rotatable bonds is 5. The Labute approximate surface area is 149 Å². The summed E-state index contributed by atoms with van der Waals surface area (Å²) in [5, 5.41) is 10.6. The lowest BCUT2D eigenvalue weighted by molar-refractivity contribution is -0.113. The van der Waals surface area contributed by atoms with Gasteiger partial charge in [0.05, 0.1) is 11.4 Å². The average molecular weight is 408 g/mol. The van der Waals surface area contributed by atoms with E-state index < -0.39 is 5.82 Å². The van der Waals surface area contributed by atoms with E-state index in [2.05, 4.69) is 31.4 Å². The third-order valence-electron chi connectivity index (χ3n) is 2.96. The molecule has 0 radical (unpaired) electrons. The van der Waals surface area contributed by atoms with E-state index in [-0.39, 0.29) is 22.6 Å². The summed E-state index contributed by atoms with van der Waals surface area (Å²) in [5.41, 5.74) is 0.928. The molecule has 1 N–H and O–H groups in total. The van der Waals surface area contributed by atoms with Crippen molar-refractivity contribution in [3.05, 3.63) is 58.8 Å². The summed E-state index contributed by atoms with van der Waals surface area (Å²) in [5.74, 6) is -0.448. The molecule has 0 unspecified atom stereocenters. The molecule has 0 aliphatic rings. The van der Waals surface area contributed by atoms with Crippen molar-refractivity contribution in [2.45, 2.75) is 5.22 Å². The zero-order valence-corrected chi connectivity index (χ0v) is 14.6. The number of thioether (sulfide) groups is 1. The predicted molar refractivity (Wildman–Crippen MR) is 93.2 cm³/mol. The molecule has 0 fully saturated rings. The predicted octanol–water partition coefficient (Wildman–Crippen LogP) is 4.37. The fourth-order valence-electron chi connectivity index (χ4n) is 1.87. The monoisotopic (exact) mass is 407 g/mol. The highest BCUT2D eigenvalue weighted by molar-refractivity contribution is 9.10. The number of benzene rings is 2. The highest BCUT2D eigenvalue weighted by Gasteiger charge is 2.12. The van der Waals surface area contributed by atoms with Crippen molar-refractivity contribution >= 4 is 39.3 Å². The largest absolute Gasteiger partial charge is 0.411 e. The van der Waals surface area contributed by atoms with Crippen LogP contribution >= 0.6 is 27.7 Å². The van der Waals surface area contributed by atoms with Crippen LogP contribution in [0.5, 0.6) is 0 Å². The van der Waals surface area contributed by atoms with Crippen LogP contribution in [0.4, 0.5) is 10.1 Å². The molecule has 0 saturated heterocycles. The van der Waals surface area contributed by atoms with Gasteiger partial charge in [0.15, 0.2) is 0 Å². The lowest BCUT2D eigenvalue weighted by atomic mass is 10.2. The van der Waals surface area contributed by atoms with Crippen LogP contribution in [0.3, 0.4) is 0 Å². The average Bonchev–Trinajstić information content (AvgIpc) is 3.05. The molecule has 0 atom stereocenters. The van der Waals surface area contributed by atoms with Gasteiger partial charge in [-0.3, -0.25) is 4.79 Å². The standard InChI is InChI=1S/C16H11BrFN3O2S/c17-11-6-7-13(12(18)8-11)19-14(22)9-24-16-21-20-15(23-16)10-4-2-1-3-5-10/h1-8H,9H2,(H,19,22). The maximum Gasteiger partial charge on any atom is 0.277 e. The van der Waals surface area contributed by atoms with E-state index in [0.717, 1.165) is 17.3 Å². The summed E-state index contributed by atoms with van der Waals surface area (Å²) >= 11 is 4.25. The number of anilines is 1. The Morgan fingerprint density at radius 3 is 2.75 bits per heavy atom. The first-order valence-corrected chi connectivity index (χ1v) is 8.66. The van der Waals surface area contributed by atoms with Gasteiger partial charge in [-0.2, -0.15) is 0 Å². The highest BCUT2D eigenvalue weighted by Crippen LogP contribution is 2.23. The molecule has 1 heterocycles. The molecule has 8 heteroatoms. The number of nitrogens with zero attached hydrogens (tertiary/aromatic N) is 2. The van der Waals surface area contributed by atoms with Gasteiger partial charge in [-0.05, 0) is 30.3 Å². The summed E-state index contributed by atoms with van der Waals surface area (Å²) in [6.45, 7) is 0. The SMILES string of the molecule is O=C(CSc1nnc(-c2ccccc2)o1)Nc1ccc(Br)cc1F. The normalized spacial score (nSPS) is 10.6. The van der Waals surface area contributed by atoms with Crippen molar-refractivity contribution in [1.82, 2.24) is 10.2 Å². The van der Waals surface area contributed by atoms with Gasteiger partial charge in [0.1, 0.15) is 5.82 Å². The minimum atomic E-state index is -0.508. The summed E-state index contributed by atoms with van der Waals surface area (Å²) < 4.78 is 19.8. The Morgan fingerprint density at radius 1 is 1.21 bits per heavy atom. The Bertz CT molecular complexity index is 858. The molecule has 5 nitrogen and oxygen atoms in total. The molecule has 1 amide bonds. The minimum Gasteiger partial charge on any atom is -0.411 e. The number of nitrogens with one attached hydrogen (secondary N) is 1. The number of aromatic nitrogens is 2. The van der Waals surface area contributed by atoms with Crippen LogP contribution < -0.4 is 5.32 Å². The molecule has 1 aromatic heterocycles. The zero-order chi connectivity index (χ0) is 16.9. The quantitative estimate of drug-likeness (QED) is 0.635. The number of carbonyl (C=O) groups is 1. The molecular weight excluding hydrogens is 397 g/mol. The molecule has 0 saturated carbocycles. The Balaban J connectivity index is 1.58. The van der Waals surface area contributed by atoms with Crippen LogP contribution in [-0.4, -0.2) is 21.9 Å². The summed E-state index contributed by atoms with van der Waals surface area (Å²) in [4.78, 5) is 11.9. The molecule has 0 bridgehead atoms. The fraction of sp³-hybridized carbons (Fsp3) is 0.0625. The topological polar surface area (TPSA) is 68.0 Å². The van der Waals surface area contributed by atoms with E-state index in [1.807, 2.05) is 30.3 Å². The minimum absolute atomic E-state index is 0.0337. The second kappa shape index (κ2) is 7.59. The van der Waals surface area contributed by atoms with Crippen LogP contribution in [0, 0.1) is 5.82 Å². The molecule has 24 heavy (non-hydrogen) atoms. The van der Waals surface area contributed by atoms with Crippen LogP contribution in [-0.2, 0) is 4.79 Å². The van der Waals surface area contributed by atoms with Gasteiger partial charge < -0.3 is 9.73 Å². The van der Waals surface area contributed by atoms with Crippen molar-refractivity contribution in [2.24, 2.45) is 0 Å². The third-order valence-corrected chi connectivity index (χ3v) is 4.27. The molecule has 2 aromatic carbocycles. The van der Waals surface area contributed by atoms with E-state index in [0.29, 0.717) is 10.4 Å². The van der Waals surface area contributed by atoms with E-state index >= 15 is 0 Å². The first-order valence-electron chi connectivity index (χ1n) is 6.88. The van der Waals surface area contributed by atoms with Gasteiger partial charge in [-0.1, -0.05) is 45.9 Å². The van der Waals surface area contributed by atoms with E-state index in [9.17, 15) is 9.18 Å². The second-order valence-corrected chi connectivity index (χ2v) is 6.54. The molecule has 3 rings (SSSR count). The Hall–Kier alpha value is -2.19. The molecule has 122 valence electrons. The maximum absolute atomic E-state index is 13.7. The molecule has 3 aromatic rings. The van der Waals surface area contributed by atoms with Gasteiger partial charge in [-0.15, -0.1) is 10.2 Å². The van der Waals surface area contributed by atoms with E-state index in [4.69, 9.17) is 4.42 Å². The van der Waals surface area contributed by atoms with Crippen molar-refractivity contribution in [2.75, 3.05) is 11.1 Å². The fourth-order valence-corrected chi connectivity index (χ4v) is 2.77. The number of hydrogen-bond acceptors (Lipinski definition) is 5. The van der Waals surface area contributed by atoms with Gasteiger partial charge >= 0.3 is 0 Å². The Kier molecular flexibility index (Phi) is 5.27. The van der Waals surface area contributed by atoms with Crippen molar-refractivity contribution in [3.8, 4) is 11.5 Å². The zero-order valence-electron chi connectivity index (χ0n) is 12.2. The summed E-state index contributed by atoms with van der Waals surface area (Å²) in [6, 6.07) is 13.8. The lowest BCUT2D eigenvalue weighted by Crippen LogP contribution is -2.15. The van der Waals surface area contributed by atoms with Crippen molar-refractivity contribution in [3.63, 3.8) is 0 Å². The number of amides is 1. The third kappa shape index (κ3) is 4.21. The second-order valence-electron chi connectivity index (χ2n) is 4.70. The van der Waals surface area contributed by atoms with Crippen LogP contribution in [0.2, 0.25) is 0 Å². The van der Waals surface area contributed by atoms with E-state index in [1.165, 1.54) is 12.1 Å². The maximum atomic E-state index is 13.7. The van der Waals surface area contributed by atoms with Gasteiger partial charge in [-0.25, -0.2) is 4.39 Å². The molecule has 0 aliphatic heterocycles. The molecular formula is C16H11BrFN3O2S. The first-order chi connectivity index (χ1) is 11.6. The van der Waals surface area contributed by atoms with Gasteiger partial charge in [0.25, 0.3) is 5.22 Å². The smallest absolute Gasteiger partial charge is 0.277 e. The van der Waals surface area contributed by atoms with Gasteiger partial charge in [0, 0.05) is 10.0 Å². The summed E-state index contributed by atoms with van der Waals surface area (Å²) in [6.07, 6.45) is 0. The first kappa shape index (κ1) is 16.7. The van der Waals surface area contributed by atoms with Crippen LogP contribution in [0.15, 0.2) is 62.6 Å². The number of halogens is 2. The van der Waals surface area contributed by atoms with Crippen molar-refractivity contribution < 1.29 is 13.6 Å². The summed E-state index contributed by atoms with van der Waals surface area (Å²) in [7, 11) is 0. The lowest BCUT2D eigenvalue weighted by Gasteiger charge is -2.05. The van der Waals surface area contributed by atoms with Crippen molar-refractivity contribution in [1.29, 1.82) is 0 Å². The highest BCUT2D eigenvalue weighted by atomic mass is 79.9. The molecule has 0 aliphatic carbocycles. The van der Waals surface area contributed by atoms with E-state index in [1.54, 1.807) is 6.07 Å². The van der Waals surface area contributed by atoms with Crippen LogP contribution in [0.1, 0.15) is 0 Å². The number of hydrogen-bond donors (Lipinski definition) is 1. The number of carbonyl (C=O) groups excluding carboxylic acids is 1. The molecule has 0 spiro atoms. The van der Waals surface area contributed by atoms with Crippen LogP contribution in [0.25, 0.3) is 11.5 Å².